The van der Waals surface area contributed by atoms with Crippen molar-refractivity contribution in [3.63, 3.8) is 0 Å². The average Bonchev–Trinajstić information content (AvgIpc) is 3.20. The van der Waals surface area contributed by atoms with Crippen LogP contribution >= 0.6 is 0 Å². The maximum Gasteiger partial charge on any atom is 0.276 e. The van der Waals surface area contributed by atoms with Crippen LogP contribution in [0.5, 0.6) is 0 Å². The Balaban J connectivity index is 1.64. The van der Waals surface area contributed by atoms with Crippen molar-refractivity contribution in [2.75, 3.05) is 5.32 Å². The molecule has 10 heteroatoms. The molecule has 0 aliphatic carbocycles. The summed E-state index contributed by atoms with van der Waals surface area (Å²) in [4.78, 5) is 12.4. The number of amides is 1. The molecule has 1 radical (unpaired) electrons. The molecule has 0 unspecified atom stereocenters. The average molecular weight is 355 g/mol. The Morgan fingerprint density at radius 1 is 1.12 bits per heavy atom. The lowest BCUT2D eigenvalue weighted by Gasteiger charge is -2.05. The van der Waals surface area contributed by atoms with Crippen molar-refractivity contribution >= 4 is 44.4 Å². The Morgan fingerprint density at radius 2 is 1.88 bits per heavy atom. The van der Waals surface area contributed by atoms with E-state index >= 15 is 0 Å². The molecule has 1 aliphatic rings. The number of hydrogen-bond donors (Lipinski definition) is 3. The highest BCUT2D eigenvalue weighted by molar-refractivity contribution is 7.89. The van der Waals surface area contributed by atoms with Gasteiger partial charge in [0.25, 0.3) is 5.91 Å². The van der Waals surface area contributed by atoms with Gasteiger partial charge in [-0.25, -0.2) is 13.6 Å². The van der Waals surface area contributed by atoms with Gasteiger partial charge in [0, 0.05) is 16.6 Å². The van der Waals surface area contributed by atoms with Crippen LogP contribution in [0.1, 0.15) is 16.1 Å². The predicted molar refractivity (Wildman–Crippen MR) is 91.3 cm³/mol. The first-order chi connectivity index (χ1) is 11.9. The molecule has 0 fully saturated rings. The van der Waals surface area contributed by atoms with Gasteiger partial charge in [0.2, 0.25) is 10.0 Å². The number of fused-ring (bicyclic) bond motifs is 3. The molecule has 125 valence electrons. The van der Waals surface area contributed by atoms with E-state index in [2.05, 4.69) is 26.0 Å². The molecule has 1 amide bonds. The molecule has 9 nitrogen and oxygen atoms in total. The fourth-order valence-electron chi connectivity index (χ4n) is 2.56. The number of H-pyrrole nitrogens is 1. The third-order valence-electron chi connectivity index (χ3n) is 3.77. The Labute approximate surface area is 142 Å². The third-order valence-corrected chi connectivity index (χ3v) is 4.69. The maximum absolute atomic E-state index is 12.5. The number of nitrogens with two attached hydrogens (primary N) is 1. The van der Waals surface area contributed by atoms with Crippen LogP contribution in [0, 0.1) is 0 Å². The van der Waals surface area contributed by atoms with Crippen LogP contribution in [0.3, 0.4) is 0 Å². The quantitative estimate of drug-likeness (QED) is 0.644. The van der Waals surface area contributed by atoms with Gasteiger partial charge in [0.15, 0.2) is 5.69 Å². The van der Waals surface area contributed by atoms with Crippen LogP contribution in [0.25, 0.3) is 10.9 Å². The van der Waals surface area contributed by atoms with Gasteiger partial charge in [-0.3, -0.25) is 9.89 Å². The third kappa shape index (κ3) is 2.62. The first kappa shape index (κ1) is 15.3. The van der Waals surface area contributed by atoms with Gasteiger partial charge in [-0.05, 0) is 36.4 Å². The van der Waals surface area contributed by atoms with Crippen LogP contribution in [-0.2, 0) is 10.0 Å². The minimum absolute atomic E-state index is 0.0330. The number of primary sulfonamides is 1. The molecule has 2 heterocycles. The molecule has 2 aromatic carbocycles. The summed E-state index contributed by atoms with van der Waals surface area (Å²) in [5, 5.41) is 19.1. The zero-order valence-corrected chi connectivity index (χ0v) is 13.4. The number of benzene rings is 2. The molecule has 0 bridgehead atoms. The van der Waals surface area contributed by atoms with Gasteiger partial charge in [-0.15, -0.1) is 0 Å². The second-order valence-electron chi connectivity index (χ2n) is 5.36. The van der Waals surface area contributed by atoms with E-state index in [0.717, 1.165) is 5.56 Å². The van der Waals surface area contributed by atoms with Crippen molar-refractivity contribution < 1.29 is 13.2 Å². The van der Waals surface area contributed by atoms with E-state index in [1.807, 2.05) is 0 Å². The summed E-state index contributed by atoms with van der Waals surface area (Å²) >= 11 is 0. The summed E-state index contributed by atoms with van der Waals surface area (Å²) in [6.45, 7) is 0. The van der Waals surface area contributed by atoms with Gasteiger partial charge >= 0.3 is 0 Å². The molecule has 4 rings (SSSR count). The minimum Gasteiger partial charge on any atom is -0.321 e. The molecule has 1 aromatic heterocycles. The van der Waals surface area contributed by atoms with E-state index in [4.69, 9.17) is 5.14 Å². The molecule has 1 aliphatic heterocycles. The number of sulfonamides is 1. The lowest BCUT2D eigenvalue weighted by Crippen LogP contribution is -2.14. The van der Waals surface area contributed by atoms with E-state index in [1.165, 1.54) is 24.3 Å². The van der Waals surface area contributed by atoms with Gasteiger partial charge in [-0.1, -0.05) is 0 Å². The first-order valence-electron chi connectivity index (χ1n) is 7.13. The van der Waals surface area contributed by atoms with E-state index in [-0.39, 0.29) is 10.6 Å². The minimum atomic E-state index is -3.78. The fraction of sp³-hybridized carbons (Fsp3) is 0. The summed E-state index contributed by atoms with van der Waals surface area (Å²) in [7, 11) is -3.78. The molecule has 0 saturated heterocycles. The van der Waals surface area contributed by atoms with Crippen molar-refractivity contribution in [2.24, 2.45) is 10.2 Å². The number of anilines is 1. The Kier molecular flexibility index (Phi) is 3.30. The number of aromatic nitrogens is 2. The number of rotatable bonds is 3. The molecular weight excluding hydrogens is 344 g/mol. The number of carbonyl (C=O) groups is 1. The molecule has 0 saturated carbocycles. The molecule has 4 N–H and O–H groups in total. The predicted octanol–water partition coefficient (Wildman–Crippen LogP) is 1.05. The summed E-state index contributed by atoms with van der Waals surface area (Å²) in [5.74, 6) is -0.429. The highest BCUT2D eigenvalue weighted by Gasteiger charge is 2.20. The van der Waals surface area contributed by atoms with E-state index < -0.39 is 15.9 Å². The molecule has 0 spiro atoms. The molecular formula is C15H11N6O3S. The standard InChI is InChI=1S/C15H11N6O3S/c16-25(23,24)9-3-1-8(2-4-9)18-15(22)14-10-5-6-12-11(7-17-19-12)13(10)20-21-14/h1-7H,(H,18,22)(H,20,21)(H2,16,23,24). The van der Waals surface area contributed by atoms with E-state index in [0.29, 0.717) is 22.3 Å². The number of aromatic amines is 1. The largest absolute Gasteiger partial charge is 0.321 e. The SMILES string of the molecule is NS(=O)(=O)c1ccc(NC(=O)c2n[nH]c3c4c(ccc23)[N]N=C4)cc1. The fourth-order valence-corrected chi connectivity index (χ4v) is 3.07. The number of nitrogens with one attached hydrogen (secondary N) is 2. The summed E-state index contributed by atoms with van der Waals surface area (Å²) in [5.41, 5.74) is 6.77. The number of carbonyl (C=O) groups excluding carboxylic acids is 1. The van der Waals surface area contributed by atoms with Crippen molar-refractivity contribution in [3.8, 4) is 0 Å². The zero-order valence-electron chi connectivity index (χ0n) is 12.6. The van der Waals surface area contributed by atoms with Gasteiger partial charge in [0.05, 0.1) is 22.3 Å². The lowest BCUT2D eigenvalue weighted by molar-refractivity contribution is 0.102. The second kappa shape index (κ2) is 5.40. The van der Waals surface area contributed by atoms with Gasteiger partial charge in [-0.2, -0.15) is 15.6 Å². The first-order valence-corrected chi connectivity index (χ1v) is 8.67. The summed E-state index contributed by atoms with van der Waals surface area (Å²) in [6.07, 6.45) is 1.60. The van der Waals surface area contributed by atoms with Crippen molar-refractivity contribution in [1.29, 1.82) is 0 Å². The Bertz CT molecular complexity index is 1130. The van der Waals surface area contributed by atoms with Crippen molar-refractivity contribution in [3.05, 3.63) is 47.7 Å². The number of nitrogens with zero attached hydrogens (tertiary/aromatic N) is 3. The van der Waals surface area contributed by atoms with E-state index in [1.54, 1.807) is 18.3 Å². The molecule has 0 atom stereocenters. The lowest BCUT2D eigenvalue weighted by atomic mass is 10.1. The maximum atomic E-state index is 12.5. The normalized spacial score (nSPS) is 12.8. The Morgan fingerprint density at radius 3 is 2.60 bits per heavy atom. The van der Waals surface area contributed by atoms with Crippen LogP contribution in [-0.4, -0.2) is 30.7 Å². The Hall–Kier alpha value is -3.24. The smallest absolute Gasteiger partial charge is 0.276 e. The van der Waals surface area contributed by atoms with Crippen molar-refractivity contribution in [2.45, 2.75) is 4.90 Å². The van der Waals surface area contributed by atoms with E-state index in [9.17, 15) is 13.2 Å². The van der Waals surface area contributed by atoms with Crippen LogP contribution in [0.15, 0.2) is 46.4 Å². The topological polar surface area (TPSA) is 144 Å². The van der Waals surface area contributed by atoms with Crippen molar-refractivity contribution in [1.82, 2.24) is 15.6 Å². The molecule has 3 aromatic rings. The number of hydrogen-bond acceptors (Lipinski definition) is 5. The second-order valence-corrected chi connectivity index (χ2v) is 6.92. The highest BCUT2D eigenvalue weighted by atomic mass is 32.2. The van der Waals surface area contributed by atoms with Crippen LogP contribution in [0.2, 0.25) is 0 Å². The van der Waals surface area contributed by atoms with Gasteiger partial charge < -0.3 is 5.32 Å². The van der Waals surface area contributed by atoms with Gasteiger partial charge in [0.1, 0.15) is 0 Å². The molecule has 25 heavy (non-hydrogen) atoms. The zero-order chi connectivity index (χ0) is 17.6. The summed E-state index contributed by atoms with van der Waals surface area (Å²) < 4.78 is 22.5. The van der Waals surface area contributed by atoms with Crippen LogP contribution in [0.4, 0.5) is 11.4 Å². The van der Waals surface area contributed by atoms with Crippen LogP contribution < -0.4 is 15.9 Å². The summed E-state index contributed by atoms with van der Waals surface area (Å²) in [6, 6.07) is 9.05. The monoisotopic (exact) mass is 355 g/mol. The highest BCUT2D eigenvalue weighted by Crippen LogP contribution is 2.28.